The van der Waals surface area contributed by atoms with Crippen LogP contribution < -0.4 is 26.0 Å². The summed E-state index contributed by atoms with van der Waals surface area (Å²) in [7, 11) is -4.23. The summed E-state index contributed by atoms with van der Waals surface area (Å²) in [4.78, 5) is 65.3. The smallest absolute Gasteiger partial charge is 0.480 e. The van der Waals surface area contributed by atoms with Crippen molar-refractivity contribution in [3.05, 3.63) is 70.5 Å². The number of H-pyrrole nitrogens is 1. The summed E-state index contributed by atoms with van der Waals surface area (Å²) < 4.78 is 92.1. The second kappa shape index (κ2) is 19.9. The number of carboxylic acids is 3. The maximum absolute atomic E-state index is 13.5. The first-order valence-electron chi connectivity index (χ1n) is 16.4. The molecule has 0 fully saturated rings. The zero-order chi connectivity index (χ0) is 43.5. The van der Waals surface area contributed by atoms with E-state index >= 15 is 0 Å². The molecule has 3 aromatic rings. The SMILES string of the molecule is Cc1cc(C)c(S(=O)(=O)NC(CNC(=O)C2CC(=O)c3ccc(CNc4ncc[nH]4)cc3N2CCCN)C(=O)O)c(C)c1.O=C(O)C(F)(F)F.O=C(O)C(F)(F)F. The molecular weight excluding hydrogens is 800 g/mol. The molecule has 0 spiro atoms. The van der Waals surface area contributed by atoms with Crippen LogP contribution in [0.2, 0.25) is 0 Å². The molecule has 1 aliphatic heterocycles. The van der Waals surface area contributed by atoms with Crippen LogP contribution in [0.15, 0.2) is 47.6 Å². The molecule has 0 saturated carbocycles. The summed E-state index contributed by atoms with van der Waals surface area (Å²) in [6.07, 6.45) is -6.44. The lowest BCUT2D eigenvalue weighted by molar-refractivity contribution is -0.193. The van der Waals surface area contributed by atoms with Gasteiger partial charge in [0, 0.05) is 49.7 Å². The van der Waals surface area contributed by atoms with Crippen molar-refractivity contribution in [3.63, 3.8) is 0 Å². The summed E-state index contributed by atoms with van der Waals surface area (Å²) in [5.41, 5.74) is 9.50. The number of hydrogen-bond acceptors (Lipinski definition) is 11. The van der Waals surface area contributed by atoms with E-state index in [1.165, 1.54) is 0 Å². The Morgan fingerprint density at radius 3 is 2.02 bits per heavy atom. The van der Waals surface area contributed by atoms with Gasteiger partial charge >= 0.3 is 30.3 Å². The lowest BCUT2D eigenvalue weighted by Crippen LogP contribution is -2.55. The lowest BCUT2D eigenvalue weighted by atomic mass is 9.92. The molecule has 17 nitrogen and oxygen atoms in total. The van der Waals surface area contributed by atoms with Gasteiger partial charge in [-0.3, -0.25) is 14.4 Å². The average Bonchev–Trinajstić information content (AvgIpc) is 3.61. The maximum Gasteiger partial charge on any atom is 0.490 e. The number of carbonyl (C=O) groups is 5. The zero-order valence-electron chi connectivity index (χ0n) is 30.3. The predicted molar refractivity (Wildman–Crippen MR) is 189 cm³/mol. The molecule has 0 bridgehead atoms. The Morgan fingerprint density at radius 2 is 1.54 bits per heavy atom. The number of ketones is 1. The minimum Gasteiger partial charge on any atom is -0.480 e. The van der Waals surface area contributed by atoms with E-state index < -0.39 is 64.8 Å². The first kappa shape index (κ1) is 47.4. The first-order valence-corrected chi connectivity index (χ1v) is 17.8. The Hall–Kier alpha value is -5.75. The number of aromatic nitrogens is 2. The number of imidazole rings is 1. The number of amides is 1. The molecule has 9 N–H and O–H groups in total. The number of aromatic amines is 1. The third kappa shape index (κ3) is 14.0. The Balaban J connectivity index is 0.000000682. The number of sulfonamides is 1. The fourth-order valence-corrected chi connectivity index (χ4v) is 7.02. The van der Waals surface area contributed by atoms with Crippen molar-refractivity contribution in [2.45, 2.75) is 69.5 Å². The van der Waals surface area contributed by atoms with Crippen LogP contribution in [0.3, 0.4) is 0 Å². The van der Waals surface area contributed by atoms with Crippen molar-refractivity contribution in [2.24, 2.45) is 5.73 Å². The number of benzene rings is 2. The van der Waals surface area contributed by atoms with Crippen molar-refractivity contribution in [2.75, 3.05) is 29.9 Å². The fourth-order valence-electron chi connectivity index (χ4n) is 5.38. The number of rotatable bonds is 13. The lowest BCUT2D eigenvalue weighted by Gasteiger charge is -2.37. The van der Waals surface area contributed by atoms with E-state index in [1.807, 2.05) is 19.1 Å². The molecule has 0 radical (unpaired) electrons. The van der Waals surface area contributed by atoms with Gasteiger partial charge in [0.1, 0.15) is 12.1 Å². The Morgan fingerprint density at radius 1 is 0.982 bits per heavy atom. The predicted octanol–water partition coefficient (Wildman–Crippen LogP) is 2.87. The number of aliphatic carboxylic acids is 3. The highest BCUT2D eigenvalue weighted by Crippen LogP contribution is 2.32. The number of alkyl halides is 6. The average molecular weight is 840 g/mol. The number of aryl methyl sites for hydroxylation is 3. The Bertz CT molecular complexity index is 1980. The highest BCUT2D eigenvalue weighted by atomic mass is 32.2. The van der Waals surface area contributed by atoms with Crippen LogP contribution in [0.25, 0.3) is 0 Å². The molecule has 2 unspecified atom stereocenters. The second-order valence-electron chi connectivity index (χ2n) is 12.2. The fraction of sp³-hybridized carbons (Fsp3) is 0.394. The minimum absolute atomic E-state index is 0.00420. The van der Waals surface area contributed by atoms with E-state index in [4.69, 9.17) is 25.5 Å². The summed E-state index contributed by atoms with van der Waals surface area (Å²) in [6.45, 7) is 5.74. The normalized spacial score (nSPS) is 14.5. The van der Waals surface area contributed by atoms with Crippen molar-refractivity contribution in [1.82, 2.24) is 20.0 Å². The molecular formula is C33H39F6N7O10S. The monoisotopic (exact) mass is 839 g/mol. The molecule has 2 heterocycles. The van der Waals surface area contributed by atoms with Gasteiger partial charge in [-0.2, -0.15) is 31.1 Å². The molecule has 4 rings (SSSR count). The highest BCUT2D eigenvalue weighted by Gasteiger charge is 2.39. The number of hydrogen-bond donors (Lipinski definition) is 8. The van der Waals surface area contributed by atoms with Crippen molar-refractivity contribution in [3.8, 4) is 0 Å². The third-order valence-electron chi connectivity index (χ3n) is 7.73. The minimum atomic E-state index is -5.08. The number of carbonyl (C=O) groups excluding carboxylic acids is 2. The van der Waals surface area contributed by atoms with Crippen LogP contribution in [0, 0.1) is 20.8 Å². The molecule has 24 heteroatoms. The van der Waals surface area contributed by atoms with Crippen LogP contribution in [0.1, 0.15) is 45.5 Å². The van der Waals surface area contributed by atoms with E-state index in [0.29, 0.717) is 54.4 Å². The largest absolute Gasteiger partial charge is 0.490 e. The van der Waals surface area contributed by atoms with Gasteiger partial charge in [-0.25, -0.2) is 23.0 Å². The van der Waals surface area contributed by atoms with Crippen LogP contribution in [0.5, 0.6) is 0 Å². The van der Waals surface area contributed by atoms with Crippen LogP contribution >= 0.6 is 0 Å². The molecule has 1 amide bonds. The molecule has 1 aromatic heterocycles. The summed E-state index contributed by atoms with van der Waals surface area (Å²) in [5, 5.41) is 29.8. The number of fused-ring (bicyclic) bond motifs is 1. The number of Topliss-reactive ketones (excluding diaryl/α,β-unsaturated/α-hetero) is 1. The van der Waals surface area contributed by atoms with E-state index in [1.54, 1.807) is 49.3 Å². The van der Waals surface area contributed by atoms with E-state index in [0.717, 1.165) is 11.1 Å². The molecule has 0 saturated heterocycles. The molecule has 1 aliphatic rings. The van der Waals surface area contributed by atoms with Gasteiger partial charge in [0.2, 0.25) is 15.9 Å². The van der Waals surface area contributed by atoms with Gasteiger partial charge in [0.25, 0.3) is 0 Å². The van der Waals surface area contributed by atoms with Gasteiger partial charge in [-0.15, -0.1) is 0 Å². The summed E-state index contributed by atoms with van der Waals surface area (Å²) >= 11 is 0. The van der Waals surface area contributed by atoms with E-state index in [9.17, 15) is 54.3 Å². The summed E-state index contributed by atoms with van der Waals surface area (Å²) in [5.74, 6) is -7.21. The van der Waals surface area contributed by atoms with E-state index in [-0.39, 0.29) is 17.1 Å². The van der Waals surface area contributed by atoms with E-state index in [2.05, 4.69) is 25.3 Å². The number of nitrogens with two attached hydrogens (primary N) is 1. The molecule has 2 atom stereocenters. The van der Waals surface area contributed by atoms with Crippen LogP contribution in [0.4, 0.5) is 38.0 Å². The van der Waals surface area contributed by atoms with Gasteiger partial charge in [-0.1, -0.05) is 23.8 Å². The molecule has 0 aliphatic carbocycles. The number of carboxylic acid groups (broad SMARTS) is 3. The Labute approximate surface area is 320 Å². The first-order chi connectivity index (χ1) is 26.3. The topological polar surface area (TPSA) is 274 Å². The molecule has 57 heavy (non-hydrogen) atoms. The standard InChI is InChI=1S/C29H37N7O6S.2C2HF3O2/c1-17-11-18(2)26(19(3)12-17)43(41,42)35-22(28(39)40)16-33-27(38)24-14-25(37)21-6-5-20(15-34-29-31-8-9-32-29)13-23(21)36(24)10-4-7-30;2*3-2(4,5)1(6)7/h5-6,8-9,11-13,22,24,35H,4,7,10,14-16,30H2,1-3H3,(H,33,38)(H,39,40)(H2,31,32,34);2*(H,6,7). The van der Waals surface area contributed by atoms with Crippen LogP contribution in [-0.2, 0) is 35.7 Å². The summed E-state index contributed by atoms with van der Waals surface area (Å²) in [6, 6.07) is 6.21. The third-order valence-corrected chi connectivity index (χ3v) is 9.50. The quantitative estimate of drug-likeness (QED) is 0.115. The molecule has 2 aromatic carbocycles. The van der Waals surface area contributed by atoms with Gasteiger partial charge in [-0.05, 0) is 62.6 Å². The zero-order valence-corrected chi connectivity index (χ0v) is 31.1. The Kier molecular flexibility index (Phi) is 16.6. The maximum atomic E-state index is 13.5. The number of nitrogens with one attached hydrogen (secondary N) is 4. The second-order valence-corrected chi connectivity index (χ2v) is 13.9. The number of anilines is 2. The van der Waals surface area contributed by atoms with Gasteiger partial charge in [0.15, 0.2) is 11.7 Å². The van der Waals surface area contributed by atoms with Gasteiger partial charge in [0.05, 0.1) is 4.90 Å². The molecule has 314 valence electrons. The van der Waals surface area contributed by atoms with Crippen molar-refractivity contribution >= 4 is 51.3 Å². The highest BCUT2D eigenvalue weighted by molar-refractivity contribution is 7.89. The number of halogens is 6. The van der Waals surface area contributed by atoms with Crippen molar-refractivity contribution < 1.29 is 74.1 Å². The van der Waals surface area contributed by atoms with Crippen LogP contribution in [-0.4, -0.2) is 107 Å². The van der Waals surface area contributed by atoms with Gasteiger partial charge < -0.3 is 41.6 Å². The van der Waals surface area contributed by atoms with Crippen molar-refractivity contribution in [1.29, 1.82) is 0 Å². The number of nitrogens with zero attached hydrogens (tertiary/aromatic N) is 2.